The maximum atomic E-state index is 13.7. The zero-order chi connectivity index (χ0) is 20.9. The number of rotatable bonds is 6. The van der Waals surface area contributed by atoms with Gasteiger partial charge in [0.2, 0.25) is 5.91 Å². The van der Waals surface area contributed by atoms with Gasteiger partial charge in [-0.05, 0) is 60.9 Å². The molecule has 1 fully saturated rings. The van der Waals surface area contributed by atoms with E-state index in [-0.39, 0.29) is 18.1 Å². The third-order valence-corrected chi connectivity index (χ3v) is 5.98. The number of nitrogens with one attached hydrogen (secondary N) is 1. The lowest BCUT2D eigenvalue weighted by molar-refractivity contribution is -0.120. The van der Waals surface area contributed by atoms with Crippen molar-refractivity contribution in [1.82, 2.24) is 20.1 Å². The van der Waals surface area contributed by atoms with Crippen molar-refractivity contribution in [2.45, 2.75) is 38.0 Å². The minimum atomic E-state index is -0.325. The lowest BCUT2D eigenvalue weighted by atomic mass is 9.79. The molecule has 156 valence electrons. The van der Waals surface area contributed by atoms with Crippen molar-refractivity contribution in [3.8, 4) is 11.1 Å². The van der Waals surface area contributed by atoms with Gasteiger partial charge in [-0.2, -0.15) is 5.10 Å². The van der Waals surface area contributed by atoms with Gasteiger partial charge in [-0.15, -0.1) is 0 Å². The van der Waals surface area contributed by atoms with Gasteiger partial charge < -0.3 is 5.32 Å². The second kappa shape index (κ2) is 9.20. The average Bonchev–Trinajstić information content (AvgIpc) is 3.16. The molecule has 0 atom stereocenters. The number of pyridine rings is 1. The predicted octanol–water partition coefficient (Wildman–Crippen LogP) is 4.25. The standard InChI is InChI=1S/C24H27FN4O/c1-29-16-21(18-10-12-26-13-11-18)24(28-29)19-8-6-17(7-9-19)15-27-23(30)14-20-4-2-3-5-22(20)25/h2-5,10-13,16-17,19H,6-9,14-15H2,1H3,(H,27,30). The number of hydrogen-bond acceptors (Lipinski definition) is 3. The summed E-state index contributed by atoms with van der Waals surface area (Å²) in [6, 6.07) is 10.5. The summed E-state index contributed by atoms with van der Waals surface area (Å²) in [6.45, 7) is 0.652. The van der Waals surface area contributed by atoms with E-state index in [2.05, 4.69) is 16.5 Å². The lowest BCUT2D eigenvalue weighted by Gasteiger charge is -2.28. The van der Waals surface area contributed by atoms with Crippen LogP contribution < -0.4 is 5.32 Å². The SMILES string of the molecule is Cn1cc(-c2ccncc2)c(C2CCC(CNC(=O)Cc3ccccc3F)CC2)n1. The van der Waals surface area contributed by atoms with Crippen molar-refractivity contribution in [3.05, 3.63) is 72.1 Å². The van der Waals surface area contributed by atoms with Gasteiger partial charge in [0, 0.05) is 43.7 Å². The van der Waals surface area contributed by atoms with E-state index in [0.29, 0.717) is 23.9 Å². The fourth-order valence-electron chi connectivity index (χ4n) is 4.34. The number of aryl methyl sites for hydroxylation is 1. The molecule has 1 saturated carbocycles. The number of nitrogens with zero attached hydrogens (tertiary/aromatic N) is 3. The molecule has 2 heterocycles. The molecule has 6 heteroatoms. The molecule has 1 aliphatic rings. The Balaban J connectivity index is 1.31. The van der Waals surface area contributed by atoms with Crippen LogP contribution in [0.5, 0.6) is 0 Å². The number of hydrogen-bond donors (Lipinski definition) is 1. The molecular formula is C24H27FN4O. The first-order valence-corrected chi connectivity index (χ1v) is 10.5. The normalized spacial score (nSPS) is 18.9. The molecule has 2 aromatic heterocycles. The van der Waals surface area contributed by atoms with Gasteiger partial charge in [0.25, 0.3) is 0 Å². The highest BCUT2D eigenvalue weighted by molar-refractivity contribution is 5.78. The molecule has 3 aromatic rings. The topological polar surface area (TPSA) is 59.8 Å². The summed E-state index contributed by atoms with van der Waals surface area (Å²) in [5.41, 5.74) is 3.93. The highest BCUT2D eigenvalue weighted by Gasteiger charge is 2.27. The average molecular weight is 407 g/mol. The van der Waals surface area contributed by atoms with Crippen molar-refractivity contribution in [1.29, 1.82) is 0 Å². The highest BCUT2D eigenvalue weighted by Crippen LogP contribution is 2.39. The van der Waals surface area contributed by atoms with E-state index in [1.54, 1.807) is 18.2 Å². The van der Waals surface area contributed by atoms with Gasteiger partial charge in [-0.1, -0.05) is 18.2 Å². The summed E-state index contributed by atoms with van der Waals surface area (Å²) in [5, 5.41) is 7.75. The van der Waals surface area contributed by atoms with Crippen LogP contribution in [0.1, 0.15) is 42.9 Å². The quantitative estimate of drug-likeness (QED) is 0.666. The van der Waals surface area contributed by atoms with Crippen LogP contribution in [0.4, 0.5) is 4.39 Å². The Kier molecular flexibility index (Phi) is 6.21. The Morgan fingerprint density at radius 1 is 1.13 bits per heavy atom. The molecule has 0 spiro atoms. The largest absolute Gasteiger partial charge is 0.356 e. The molecule has 5 nitrogen and oxygen atoms in total. The lowest BCUT2D eigenvalue weighted by Crippen LogP contribution is -2.32. The Labute approximate surface area is 176 Å². The Hall–Kier alpha value is -3.02. The molecule has 1 aromatic carbocycles. The van der Waals surface area contributed by atoms with E-state index in [9.17, 15) is 9.18 Å². The minimum Gasteiger partial charge on any atom is -0.356 e. The summed E-state index contributed by atoms with van der Waals surface area (Å²) < 4.78 is 15.6. The van der Waals surface area contributed by atoms with Crippen molar-refractivity contribution in [3.63, 3.8) is 0 Å². The third kappa shape index (κ3) is 4.75. The summed E-state index contributed by atoms with van der Waals surface area (Å²) in [4.78, 5) is 16.3. The molecule has 0 saturated heterocycles. The summed E-state index contributed by atoms with van der Waals surface area (Å²) in [7, 11) is 1.96. The van der Waals surface area contributed by atoms with Crippen molar-refractivity contribution in [2.24, 2.45) is 13.0 Å². The van der Waals surface area contributed by atoms with Gasteiger partial charge in [0.1, 0.15) is 5.82 Å². The summed E-state index contributed by atoms with van der Waals surface area (Å²) >= 11 is 0. The van der Waals surface area contributed by atoms with Crippen LogP contribution in [0.2, 0.25) is 0 Å². The molecular weight excluding hydrogens is 379 g/mol. The molecule has 1 N–H and O–H groups in total. The smallest absolute Gasteiger partial charge is 0.224 e. The van der Waals surface area contributed by atoms with Crippen LogP contribution in [0.3, 0.4) is 0 Å². The fraction of sp³-hybridized carbons (Fsp3) is 0.375. The Morgan fingerprint density at radius 3 is 2.60 bits per heavy atom. The zero-order valence-corrected chi connectivity index (χ0v) is 17.2. The molecule has 4 rings (SSSR count). The molecule has 1 amide bonds. The first-order chi connectivity index (χ1) is 14.6. The fourth-order valence-corrected chi connectivity index (χ4v) is 4.34. The Bertz CT molecular complexity index is 993. The molecule has 0 unspecified atom stereocenters. The molecule has 0 radical (unpaired) electrons. The number of carbonyl (C=O) groups excluding carboxylic acids is 1. The van der Waals surface area contributed by atoms with E-state index in [4.69, 9.17) is 5.10 Å². The van der Waals surface area contributed by atoms with Crippen molar-refractivity contribution < 1.29 is 9.18 Å². The van der Waals surface area contributed by atoms with E-state index < -0.39 is 0 Å². The highest BCUT2D eigenvalue weighted by atomic mass is 19.1. The van der Waals surface area contributed by atoms with Crippen LogP contribution in [0.25, 0.3) is 11.1 Å². The van der Waals surface area contributed by atoms with Gasteiger partial charge in [0.15, 0.2) is 0 Å². The van der Waals surface area contributed by atoms with Gasteiger partial charge >= 0.3 is 0 Å². The molecule has 0 aliphatic heterocycles. The van der Waals surface area contributed by atoms with Crippen molar-refractivity contribution >= 4 is 5.91 Å². The van der Waals surface area contributed by atoms with Gasteiger partial charge in [-0.25, -0.2) is 4.39 Å². The number of aromatic nitrogens is 3. The summed E-state index contributed by atoms with van der Waals surface area (Å²) in [6.07, 6.45) is 10.0. The van der Waals surface area contributed by atoms with Crippen LogP contribution in [-0.2, 0) is 18.3 Å². The van der Waals surface area contributed by atoms with Gasteiger partial charge in [-0.3, -0.25) is 14.5 Å². The van der Waals surface area contributed by atoms with Crippen LogP contribution in [-0.4, -0.2) is 27.2 Å². The van der Waals surface area contributed by atoms with Gasteiger partial charge in [0.05, 0.1) is 12.1 Å². The second-order valence-corrected chi connectivity index (χ2v) is 8.13. The Morgan fingerprint density at radius 2 is 1.87 bits per heavy atom. The van der Waals surface area contributed by atoms with E-state index >= 15 is 0 Å². The van der Waals surface area contributed by atoms with E-state index in [0.717, 1.165) is 36.9 Å². The second-order valence-electron chi connectivity index (χ2n) is 8.13. The maximum Gasteiger partial charge on any atom is 0.224 e. The summed E-state index contributed by atoms with van der Waals surface area (Å²) in [5.74, 6) is 0.444. The van der Waals surface area contributed by atoms with E-state index in [1.165, 1.54) is 11.6 Å². The van der Waals surface area contributed by atoms with Crippen LogP contribution in [0, 0.1) is 11.7 Å². The predicted molar refractivity (Wildman–Crippen MR) is 114 cm³/mol. The maximum absolute atomic E-state index is 13.7. The first kappa shape index (κ1) is 20.3. The minimum absolute atomic E-state index is 0.0885. The molecule has 30 heavy (non-hydrogen) atoms. The third-order valence-electron chi connectivity index (χ3n) is 5.98. The zero-order valence-electron chi connectivity index (χ0n) is 17.2. The monoisotopic (exact) mass is 406 g/mol. The number of benzene rings is 1. The first-order valence-electron chi connectivity index (χ1n) is 10.5. The van der Waals surface area contributed by atoms with E-state index in [1.807, 2.05) is 36.3 Å². The number of halogens is 1. The molecule has 0 bridgehead atoms. The van der Waals surface area contributed by atoms with Crippen LogP contribution >= 0.6 is 0 Å². The van der Waals surface area contributed by atoms with Crippen molar-refractivity contribution in [2.75, 3.05) is 6.54 Å². The number of carbonyl (C=O) groups is 1. The number of amides is 1. The van der Waals surface area contributed by atoms with Crippen LogP contribution in [0.15, 0.2) is 55.0 Å². The molecule has 1 aliphatic carbocycles.